The zero-order chi connectivity index (χ0) is 14.9. The summed E-state index contributed by atoms with van der Waals surface area (Å²) < 4.78 is 5.17. The Balaban J connectivity index is 4.17. The molecule has 0 saturated carbocycles. The average molecular weight is 289 g/mol. The Hall–Kier alpha value is -0.220. The average Bonchev–Trinajstić information content (AvgIpc) is 2.34. The zero-order valence-corrected chi connectivity index (χ0v) is 14.2. The molecule has 0 aromatic heterocycles. The van der Waals surface area contributed by atoms with Crippen LogP contribution in [0.4, 0.5) is 0 Å². The lowest BCUT2D eigenvalue weighted by Gasteiger charge is -2.28. The first-order chi connectivity index (χ1) is 8.87. The summed E-state index contributed by atoms with van der Waals surface area (Å²) in [6.45, 7) is 13.8. The highest BCUT2D eigenvalue weighted by Gasteiger charge is 2.33. The molecule has 4 heteroatoms. The Morgan fingerprint density at radius 1 is 1.32 bits per heavy atom. The second-order valence-electron chi connectivity index (χ2n) is 5.51. The van der Waals surface area contributed by atoms with Crippen LogP contribution in [0, 0.1) is 5.92 Å². The molecular weight excluding hydrogens is 258 g/mol. The number of hydrogen-bond donors (Lipinski definition) is 1. The van der Waals surface area contributed by atoms with E-state index < -0.39 is 5.54 Å². The second kappa shape index (κ2) is 9.65. The first-order valence-electron chi connectivity index (χ1n) is 7.41. The molecule has 0 rings (SSSR count). The van der Waals surface area contributed by atoms with Gasteiger partial charge in [0.15, 0.2) is 0 Å². The molecule has 2 unspecified atom stereocenters. The van der Waals surface area contributed by atoms with E-state index in [1.165, 1.54) is 0 Å². The molecule has 114 valence electrons. The number of carbonyl (C=O) groups excluding carboxylic acids is 1. The third kappa shape index (κ3) is 7.21. The monoisotopic (exact) mass is 289 g/mol. The predicted molar refractivity (Wildman–Crippen MR) is 84.7 cm³/mol. The lowest BCUT2D eigenvalue weighted by molar-refractivity contribution is -0.150. The lowest BCUT2D eigenvalue weighted by atomic mass is 9.96. The van der Waals surface area contributed by atoms with Crippen molar-refractivity contribution in [2.75, 3.05) is 18.9 Å². The first-order valence-corrected chi connectivity index (χ1v) is 8.46. The number of thioether (sulfide) groups is 1. The van der Waals surface area contributed by atoms with Gasteiger partial charge in [-0.1, -0.05) is 27.7 Å². The van der Waals surface area contributed by atoms with Crippen LogP contribution >= 0.6 is 11.8 Å². The van der Waals surface area contributed by atoms with Gasteiger partial charge in [-0.25, -0.2) is 0 Å². The number of esters is 1. The van der Waals surface area contributed by atoms with E-state index in [1.807, 2.05) is 32.5 Å². The topological polar surface area (TPSA) is 38.3 Å². The Morgan fingerprint density at radius 2 is 1.95 bits per heavy atom. The van der Waals surface area contributed by atoms with E-state index >= 15 is 0 Å². The summed E-state index contributed by atoms with van der Waals surface area (Å²) in [5.41, 5.74) is -0.535. The summed E-state index contributed by atoms with van der Waals surface area (Å²) in [7, 11) is 0. The molecule has 0 aromatic rings. The van der Waals surface area contributed by atoms with Gasteiger partial charge in [-0.2, -0.15) is 11.8 Å². The highest BCUT2D eigenvalue weighted by atomic mass is 32.2. The molecule has 0 heterocycles. The highest BCUT2D eigenvalue weighted by molar-refractivity contribution is 7.99. The van der Waals surface area contributed by atoms with E-state index in [0.29, 0.717) is 17.8 Å². The molecule has 3 nitrogen and oxygen atoms in total. The molecule has 0 aromatic carbocycles. The van der Waals surface area contributed by atoms with E-state index in [2.05, 4.69) is 26.1 Å². The number of nitrogens with one attached hydrogen (secondary N) is 1. The second-order valence-corrected chi connectivity index (χ2v) is 6.99. The molecule has 0 spiro atoms. The molecule has 0 aliphatic carbocycles. The summed E-state index contributed by atoms with van der Waals surface area (Å²) in [6, 6.07) is 0. The molecule has 0 aliphatic rings. The summed E-state index contributed by atoms with van der Waals surface area (Å²) in [5, 5.41) is 3.94. The molecule has 1 N–H and O–H groups in total. The van der Waals surface area contributed by atoms with E-state index in [4.69, 9.17) is 4.74 Å². The number of ether oxygens (including phenoxy) is 1. The maximum absolute atomic E-state index is 12.0. The summed E-state index contributed by atoms with van der Waals surface area (Å²) >= 11 is 1.99. The molecule has 0 fully saturated rings. The minimum absolute atomic E-state index is 0.126. The number of likely N-dealkylation sites (N-methyl/N-ethyl adjacent to an activating group) is 1. The van der Waals surface area contributed by atoms with Crippen molar-refractivity contribution in [1.29, 1.82) is 0 Å². The summed E-state index contributed by atoms with van der Waals surface area (Å²) in [6.07, 6.45) is 1.86. The standard InChI is InChI=1S/C15H31NO2S/c1-7-16-15(6,14(17)18-8-2)10-9-11-19-13(5)12(3)4/h12-13,16H,7-11H2,1-6H3. The van der Waals surface area contributed by atoms with Gasteiger partial charge in [0.1, 0.15) is 5.54 Å². The van der Waals surface area contributed by atoms with Gasteiger partial charge in [0.2, 0.25) is 0 Å². The highest BCUT2D eigenvalue weighted by Crippen LogP contribution is 2.22. The van der Waals surface area contributed by atoms with Crippen molar-refractivity contribution in [2.45, 2.75) is 65.2 Å². The van der Waals surface area contributed by atoms with Crippen molar-refractivity contribution in [3.8, 4) is 0 Å². The largest absolute Gasteiger partial charge is 0.465 e. The van der Waals surface area contributed by atoms with Gasteiger partial charge in [-0.15, -0.1) is 0 Å². The van der Waals surface area contributed by atoms with Crippen molar-refractivity contribution in [3.63, 3.8) is 0 Å². The van der Waals surface area contributed by atoms with Crippen LogP contribution in [0.25, 0.3) is 0 Å². The minimum atomic E-state index is -0.535. The smallest absolute Gasteiger partial charge is 0.326 e. The number of rotatable bonds is 10. The first kappa shape index (κ1) is 18.8. The molecular formula is C15H31NO2S. The Labute approximate surface area is 123 Å². The van der Waals surface area contributed by atoms with Crippen LogP contribution in [0.3, 0.4) is 0 Å². The third-order valence-corrected chi connectivity index (χ3v) is 5.03. The molecule has 0 aliphatic heterocycles. The van der Waals surface area contributed by atoms with Gasteiger partial charge in [0, 0.05) is 5.25 Å². The fourth-order valence-electron chi connectivity index (χ4n) is 1.83. The van der Waals surface area contributed by atoms with E-state index in [0.717, 1.165) is 25.1 Å². The van der Waals surface area contributed by atoms with Crippen LogP contribution in [0.2, 0.25) is 0 Å². The van der Waals surface area contributed by atoms with Gasteiger partial charge in [0.25, 0.3) is 0 Å². The molecule has 0 saturated heterocycles. The molecule has 0 bridgehead atoms. The third-order valence-electron chi connectivity index (χ3n) is 3.43. The van der Waals surface area contributed by atoms with Crippen molar-refractivity contribution >= 4 is 17.7 Å². The molecule has 2 atom stereocenters. The van der Waals surface area contributed by atoms with Crippen molar-refractivity contribution in [2.24, 2.45) is 5.92 Å². The van der Waals surface area contributed by atoms with Gasteiger partial charge in [-0.3, -0.25) is 4.79 Å². The minimum Gasteiger partial charge on any atom is -0.465 e. The van der Waals surface area contributed by atoms with E-state index in [-0.39, 0.29) is 5.97 Å². The van der Waals surface area contributed by atoms with Crippen LogP contribution in [0.15, 0.2) is 0 Å². The quantitative estimate of drug-likeness (QED) is 0.493. The number of hydrogen-bond acceptors (Lipinski definition) is 4. The Bertz CT molecular complexity index is 259. The van der Waals surface area contributed by atoms with E-state index in [9.17, 15) is 4.79 Å². The fraction of sp³-hybridized carbons (Fsp3) is 0.933. The molecule has 19 heavy (non-hydrogen) atoms. The Morgan fingerprint density at radius 3 is 2.42 bits per heavy atom. The normalized spacial score (nSPS) is 16.2. The van der Waals surface area contributed by atoms with Crippen LogP contribution in [-0.4, -0.2) is 35.7 Å². The van der Waals surface area contributed by atoms with Crippen LogP contribution in [0.1, 0.15) is 54.4 Å². The molecule has 0 amide bonds. The lowest BCUT2D eigenvalue weighted by Crippen LogP contribution is -2.50. The van der Waals surface area contributed by atoms with Crippen molar-refractivity contribution in [3.05, 3.63) is 0 Å². The zero-order valence-electron chi connectivity index (χ0n) is 13.4. The van der Waals surface area contributed by atoms with Crippen molar-refractivity contribution in [1.82, 2.24) is 5.32 Å². The molecule has 0 radical (unpaired) electrons. The summed E-state index contributed by atoms with van der Waals surface area (Å²) in [4.78, 5) is 12.0. The maximum Gasteiger partial charge on any atom is 0.326 e. The number of carbonyl (C=O) groups is 1. The van der Waals surface area contributed by atoms with Gasteiger partial charge < -0.3 is 10.1 Å². The Kier molecular flexibility index (Phi) is 9.54. The van der Waals surface area contributed by atoms with Gasteiger partial charge in [0.05, 0.1) is 6.61 Å². The fourth-order valence-corrected chi connectivity index (χ4v) is 2.90. The maximum atomic E-state index is 12.0. The van der Waals surface area contributed by atoms with E-state index in [1.54, 1.807) is 0 Å². The van der Waals surface area contributed by atoms with Gasteiger partial charge in [-0.05, 0) is 44.9 Å². The summed E-state index contributed by atoms with van der Waals surface area (Å²) in [5.74, 6) is 1.67. The van der Waals surface area contributed by atoms with Gasteiger partial charge >= 0.3 is 5.97 Å². The SMILES string of the molecule is CCNC(C)(CCCSC(C)C(C)C)C(=O)OCC. The van der Waals surface area contributed by atoms with Crippen LogP contribution in [0.5, 0.6) is 0 Å². The predicted octanol–water partition coefficient (Wildman–Crippen LogP) is 3.48. The van der Waals surface area contributed by atoms with Crippen LogP contribution < -0.4 is 5.32 Å². The van der Waals surface area contributed by atoms with Crippen LogP contribution in [-0.2, 0) is 9.53 Å². The van der Waals surface area contributed by atoms with Crippen molar-refractivity contribution < 1.29 is 9.53 Å².